The molecule has 51 heavy (non-hydrogen) atoms. The molecule has 0 saturated heterocycles. The minimum absolute atomic E-state index is 0.0359. The lowest BCUT2D eigenvalue weighted by atomic mass is 10.1. The Labute approximate surface area is 311 Å². The Hall–Kier alpha value is -1.58. The molecule has 9 nitrogen and oxygen atoms in total. The summed E-state index contributed by atoms with van der Waals surface area (Å²) < 4.78 is 33.3. The van der Waals surface area contributed by atoms with Gasteiger partial charge in [-0.2, -0.15) is 0 Å². The normalized spacial score (nSPS) is 14.7. The molecular formula is C41H75O9P. The first-order valence-electron chi connectivity index (χ1n) is 20.1. The summed E-state index contributed by atoms with van der Waals surface area (Å²) in [5.41, 5.74) is 0. The molecule has 0 rings (SSSR count). The maximum Gasteiger partial charge on any atom is 0.472 e. The first kappa shape index (κ1) is 49.4. The van der Waals surface area contributed by atoms with Crippen molar-refractivity contribution in [3.8, 4) is 0 Å². The van der Waals surface area contributed by atoms with Crippen LogP contribution in [0.5, 0.6) is 0 Å². The van der Waals surface area contributed by atoms with Crippen LogP contribution in [0.1, 0.15) is 162 Å². The van der Waals surface area contributed by atoms with E-state index in [-0.39, 0.29) is 19.6 Å². The van der Waals surface area contributed by atoms with Crippen LogP contribution in [0.4, 0.5) is 0 Å². The predicted octanol–water partition coefficient (Wildman–Crippen LogP) is 10.6. The molecule has 0 amide bonds. The van der Waals surface area contributed by atoms with Gasteiger partial charge in [0.1, 0.15) is 12.2 Å². The van der Waals surface area contributed by atoms with Crippen LogP contribution in [-0.2, 0) is 27.9 Å². The number of hydrogen-bond acceptors (Lipinski definition) is 8. The van der Waals surface area contributed by atoms with Crippen molar-refractivity contribution in [1.82, 2.24) is 0 Å². The monoisotopic (exact) mass is 743 g/mol. The van der Waals surface area contributed by atoms with E-state index in [0.29, 0.717) is 13.0 Å². The van der Waals surface area contributed by atoms with Gasteiger partial charge in [0.2, 0.25) is 0 Å². The van der Waals surface area contributed by atoms with Crippen molar-refractivity contribution in [3.05, 3.63) is 48.6 Å². The second kappa shape index (κ2) is 38.2. The third-order valence-corrected chi connectivity index (χ3v) is 9.20. The molecule has 0 saturated carbocycles. The van der Waals surface area contributed by atoms with Crippen molar-refractivity contribution in [3.63, 3.8) is 0 Å². The Kier molecular flexibility index (Phi) is 37.0. The van der Waals surface area contributed by atoms with E-state index in [1.165, 1.54) is 57.8 Å². The molecule has 0 spiro atoms. The molecule has 3 atom stereocenters. The number of unbranched alkanes of at least 4 members (excludes halogenated alkanes) is 16. The molecule has 0 aliphatic heterocycles. The minimum atomic E-state index is -4.52. The Bertz CT molecular complexity index is 934. The van der Waals surface area contributed by atoms with Crippen LogP contribution < -0.4 is 0 Å². The third-order valence-electron chi connectivity index (χ3n) is 8.25. The molecule has 0 bridgehead atoms. The van der Waals surface area contributed by atoms with Crippen LogP contribution in [-0.4, -0.2) is 66.3 Å². The second-order valence-electron chi connectivity index (χ2n) is 13.3. The van der Waals surface area contributed by atoms with Crippen LogP contribution in [0.25, 0.3) is 0 Å². The van der Waals surface area contributed by atoms with E-state index in [1.54, 1.807) is 0 Å². The molecule has 10 heteroatoms. The smallest absolute Gasteiger partial charge is 0.457 e. The molecule has 3 N–H and O–H groups in total. The van der Waals surface area contributed by atoms with Gasteiger partial charge in [0, 0.05) is 13.0 Å². The van der Waals surface area contributed by atoms with Gasteiger partial charge in [-0.15, -0.1) is 0 Å². The van der Waals surface area contributed by atoms with Crippen molar-refractivity contribution >= 4 is 13.8 Å². The molecule has 0 aromatic rings. The zero-order valence-corrected chi connectivity index (χ0v) is 33.2. The summed E-state index contributed by atoms with van der Waals surface area (Å²) in [5, 5.41) is 18.3. The first-order valence-corrected chi connectivity index (χ1v) is 21.6. The Morgan fingerprint density at radius 2 is 1.12 bits per heavy atom. The number of phosphoric acid groups is 1. The van der Waals surface area contributed by atoms with Crippen molar-refractivity contribution < 1.29 is 43.0 Å². The van der Waals surface area contributed by atoms with E-state index < -0.39 is 39.2 Å². The molecular weight excluding hydrogens is 667 g/mol. The van der Waals surface area contributed by atoms with E-state index in [0.717, 1.165) is 77.0 Å². The first-order chi connectivity index (χ1) is 24.8. The van der Waals surface area contributed by atoms with Gasteiger partial charge in [-0.05, 0) is 70.6 Å². The van der Waals surface area contributed by atoms with Gasteiger partial charge in [0.25, 0.3) is 0 Å². The largest absolute Gasteiger partial charge is 0.472 e. The average Bonchev–Trinajstić information content (AvgIpc) is 3.12. The highest BCUT2D eigenvalue weighted by atomic mass is 31.2. The van der Waals surface area contributed by atoms with Gasteiger partial charge in [0.15, 0.2) is 0 Å². The van der Waals surface area contributed by atoms with E-state index in [1.807, 2.05) is 0 Å². The number of hydrogen-bond donors (Lipinski definition) is 3. The molecule has 0 fully saturated rings. The second-order valence-corrected chi connectivity index (χ2v) is 14.7. The van der Waals surface area contributed by atoms with Crippen LogP contribution in [0.3, 0.4) is 0 Å². The van der Waals surface area contributed by atoms with E-state index in [4.69, 9.17) is 23.6 Å². The van der Waals surface area contributed by atoms with Crippen molar-refractivity contribution in [1.29, 1.82) is 0 Å². The van der Waals surface area contributed by atoms with Crippen LogP contribution in [0.15, 0.2) is 48.6 Å². The molecule has 0 heterocycles. The van der Waals surface area contributed by atoms with Gasteiger partial charge in [-0.25, -0.2) is 4.57 Å². The maximum absolute atomic E-state index is 12.6. The number of allylic oxidation sites excluding steroid dienone is 8. The number of carbonyl (C=O) groups is 1. The van der Waals surface area contributed by atoms with E-state index in [9.17, 15) is 19.4 Å². The molecule has 0 aromatic heterocycles. The molecule has 0 aromatic carbocycles. The summed E-state index contributed by atoms with van der Waals surface area (Å²) in [5.74, 6) is -0.399. The van der Waals surface area contributed by atoms with Crippen molar-refractivity contribution in [2.24, 2.45) is 0 Å². The highest BCUT2D eigenvalue weighted by Crippen LogP contribution is 2.43. The number of aliphatic hydroxyl groups excluding tert-OH is 2. The van der Waals surface area contributed by atoms with Crippen molar-refractivity contribution in [2.75, 3.05) is 33.0 Å². The number of ether oxygens (including phenoxy) is 2. The summed E-state index contributed by atoms with van der Waals surface area (Å²) in [7, 11) is -4.52. The van der Waals surface area contributed by atoms with Gasteiger partial charge >= 0.3 is 13.8 Å². The van der Waals surface area contributed by atoms with E-state index in [2.05, 4.69) is 62.5 Å². The molecule has 298 valence electrons. The lowest BCUT2D eigenvalue weighted by Crippen LogP contribution is -2.29. The highest BCUT2D eigenvalue weighted by Gasteiger charge is 2.26. The molecule has 3 unspecified atom stereocenters. The van der Waals surface area contributed by atoms with Crippen LogP contribution in [0.2, 0.25) is 0 Å². The Morgan fingerprint density at radius 3 is 1.71 bits per heavy atom. The third kappa shape index (κ3) is 38.0. The lowest BCUT2D eigenvalue weighted by molar-refractivity contribution is -0.154. The standard InChI is InChI=1S/C41H75O9P/c1-3-5-7-9-11-13-15-17-19-20-22-24-26-28-30-32-34-47-37-40(38-49-51(45,46)48-36-39(43)35-42)50-41(44)33-31-29-27-25-23-21-18-16-14-12-10-8-6-4-2/h5,7,11,13,16-19,39-40,42-43H,3-4,6,8-10,12,14-15,20-38H2,1-2H3,(H,45,46)/b7-5-,13-11-,18-16-,19-17-. The number of aliphatic hydroxyl groups is 2. The number of esters is 1. The fourth-order valence-corrected chi connectivity index (χ4v) is 5.98. The van der Waals surface area contributed by atoms with Gasteiger partial charge in [0.05, 0.1) is 26.4 Å². The number of rotatable bonds is 38. The SMILES string of the molecule is CC/C=C\C/C=C\C/C=C\CCCCCCCCOCC(COP(=O)(O)OCC(O)CO)OC(=O)CCCCCCC/C=C\CCCCCCC. The molecule has 0 aliphatic carbocycles. The van der Waals surface area contributed by atoms with Gasteiger partial charge < -0.3 is 24.6 Å². The van der Waals surface area contributed by atoms with Gasteiger partial charge in [-0.1, -0.05) is 133 Å². The Morgan fingerprint density at radius 1 is 0.627 bits per heavy atom. The maximum atomic E-state index is 12.6. The number of phosphoric ester groups is 1. The zero-order valence-electron chi connectivity index (χ0n) is 32.3. The fraction of sp³-hybridized carbons (Fsp3) is 0.780. The summed E-state index contributed by atoms with van der Waals surface area (Å²) in [4.78, 5) is 22.5. The summed E-state index contributed by atoms with van der Waals surface area (Å²) in [6, 6.07) is 0. The quantitative estimate of drug-likeness (QED) is 0.0245. The predicted molar refractivity (Wildman–Crippen MR) is 210 cm³/mol. The van der Waals surface area contributed by atoms with E-state index >= 15 is 0 Å². The van der Waals surface area contributed by atoms with Crippen LogP contribution >= 0.6 is 7.82 Å². The summed E-state index contributed by atoms with van der Waals surface area (Å²) in [6.07, 6.45) is 40.6. The molecule has 0 aliphatic rings. The fourth-order valence-electron chi connectivity index (χ4n) is 5.19. The summed E-state index contributed by atoms with van der Waals surface area (Å²) in [6.45, 7) is 3.34. The van der Waals surface area contributed by atoms with Gasteiger partial charge in [-0.3, -0.25) is 13.8 Å². The van der Waals surface area contributed by atoms with Crippen LogP contribution in [0, 0.1) is 0 Å². The Balaban J connectivity index is 4.25. The lowest BCUT2D eigenvalue weighted by Gasteiger charge is -2.20. The zero-order chi connectivity index (χ0) is 37.5. The highest BCUT2D eigenvalue weighted by molar-refractivity contribution is 7.47. The minimum Gasteiger partial charge on any atom is -0.457 e. The average molecular weight is 743 g/mol. The summed E-state index contributed by atoms with van der Waals surface area (Å²) >= 11 is 0. The number of carbonyl (C=O) groups excluding carboxylic acids is 1. The molecule has 0 radical (unpaired) electrons. The topological polar surface area (TPSA) is 132 Å². The van der Waals surface area contributed by atoms with Crippen molar-refractivity contribution in [2.45, 2.75) is 174 Å².